The molecule has 90 valence electrons. The van der Waals surface area contributed by atoms with E-state index in [0.29, 0.717) is 5.41 Å². The van der Waals surface area contributed by atoms with E-state index in [4.69, 9.17) is 0 Å². The molecule has 0 amide bonds. The topological polar surface area (TPSA) is 12.9 Å². The summed E-state index contributed by atoms with van der Waals surface area (Å²) in [6.07, 6.45) is 4.27. The molecular weight excluding hydrogens is 350 g/mol. The lowest BCUT2D eigenvalue weighted by Gasteiger charge is -2.28. The van der Waals surface area contributed by atoms with Gasteiger partial charge < -0.3 is 0 Å². The van der Waals surface area contributed by atoms with Crippen LogP contribution in [0.2, 0.25) is 0 Å². The number of hydrogen-bond donors (Lipinski definition) is 0. The fraction of sp³-hybridized carbons (Fsp3) is 0.583. The molecule has 0 radical (unpaired) electrons. The second kappa shape index (κ2) is 7.02. The highest BCUT2D eigenvalue weighted by Crippen LogP contribution is 2.35. The van der Waals surface area contributed by atoms with Gasteiger partial charge in [-0.25, -0.2) is 4.98 Å². The van der Waals surface area contributed by atoms with Crippen LogP contribution in [0.25, 0.3) is 0 Å². The predicted octanol–water partition coefficient (Wildman–Crippen LogP) is 5.14. The molecular formula is C12H17Br2NS. The van der Waals surface area contributed by atoms with Crippen molar-refractivity contribution < 1.29 is 0 Å². The second-order valence-electron chi connectivity index (χ2n) is 3.94. The Hall–Kier alpha value is 0.460. The smallest absolute Gasteiger partial charge is 0.0960 e. The van der Waals surface area contributed by atoms with Gasteiger partial charge in [0.2, 0.25) is 0 Å². The maximum Gasteiger partial charge on any atom is 0.0960 e. The van der Waals surface area contributed by atoms with Crippen molar-refractivity contribution in [1.82, 2.24) is 4.98 Å². The molecule has 0 fully saturated rings. The van der Waals surface area contributed by atoms with E-state index >= 15 is 0 Å². The van der Waals surface area contributed by atoms with Crippen LogP contribution >= 0.6 is 43.6 Å². The molecule has 0 spiro atoms. The number of halogens is 2. The van der Waals surface area contributed by atoms with Crippen molar-refractivity contribution in [3.63, 3.8) is 0 Å². The van der Waals surface area contributed by atoms with Gasteiger partial charge in [-0.1, -0.05) is 29.8 Å². The Morgan fingerprint density at radius 1 is 1.31 bits per heavy atom. The van der Waals surface area contributed by atoms with Crippen molar-refractivity contribution in [3.05, 3.63) is 22.8 Å². The summed E-state index contributed by atoms with van der Waals surface area (Å²) in [5, 5.41) is 2.17. The summed E-state index contributed by atoms with van der Waals surface area (Å²) in [7, 11) is 0. The summed E-state index contributed by atoms with van der Waals surface area (Å²) in [5.41, 5.74) is 0.402. The van der Waals surface area contributed by atoms with Crippen molar-refractivity contribution in [2.75, 3.05) is 11.1 Å². The average Bonchev–Trinajstić information content (AvgIpc) is 2.34. The van der Waals surface area contributed by atoms with Crippen molar-refractivity contribution >= 4 is 43.6 Å². The van der Waals surface area contributed by atoms with Gasteiger partial charge in [0.25, 0.3) is 0 Å². The predicted molar refractivity (Wildman–Crippen MR) is 79.5 cm³/mol. The molecule has 0 saturated carbocycles. The van der Waals surface area contributed by atoms with Gasteiger partial charge in [-0.15, -0.1) is 11.8 Å². The molecule has 1 rings (SSSR count). The lowest BCUT2D eigenvalue weighted by atomic mass is 9.87. The molecule has 1 aromatic rings. The molecule has 0 aromatic carbocycles. The van der Waals surface area contributed by atoms with Crippen molar-refractivity contribution in [2.45, 2.75) is 31.7 Å². The third-order valence-electron chi connectivity index (χ3n) is 3.01. The molecule has 0 aliphatic rings. The first-order valence-electron chi connectivity index (χ1n) is 5.46. The number of rotatable bonds is 6. The van der Waals surface area contributed by atoms with Crippen LogP contribution in [0.4, 0.5) is 0 Å². The van der Waals surface area contributed by atoms with E-state index in [1.165, 1.54) is 12.8 Å². The summed E-state index contributed by atoms with van der Waals surface area (Å²) in [5.74, 6) is 1.12. The zero-order valence-electron chi connectivity index (χ0n) is 9.67. The third kappa shape index (κ3) is 4.04. The van der Waals surface area contributed by atoms with Crippen LogP contribution in [0.1, 0.15) is 26.7 Å². The van der Waals surface area contributed by atoms with E-state index in [9.17, 15) is 0 Å². The standard InChI is InChI=1S/C12H17Br2NS/c1-3-12(4-2,8-13)9-16-11-6-5-10(14)7-15-11/h5-7H,3-4,8-9H2,1-2H3. The van der Waals surface area contributed by atoms with Gasteiger partial charge in [0, 0.05) is 21.8 Å². The highest BCUT2D eigenvalue weighted by molar-refractivity contribution is 9.10. The molecule has 0 saturated heterocycles. The largest absolute Gasteiger partial charge is 0.249 e. The number of nitrogens with zero attached hydrogens (tertiary/aromatic N) is 1. The molecule has 0 N–H and O–H groups in total. The van der Waals surface area contributed by atoms with Crippen LogP contribution in [-0.2, 0) is 0 Å². The fourth-order valence-electron chi connectivity index (χ4n) is 1.36. The van der Waals surface area contributed by atoms with Crippen LogP contribution in [0.15, 0.2) is 27.8 Å². The Morgan fingerprint density at radius 3 is 2.44 bits per heavy atom. The minimum absolute atomic E-state index is 0.402. The Bertz CT molecular complexity index is 301. The molecule has 0 aliphatic carbocycles. The van der Waals surface area contributed by atoms with Crippen LogP contribution in [0, 0.1) is 5.41 Å². The number of aromatic nitrogens is 1. The van der Waals surface area contributed by atoms with Gasteiger partial charge >= 0.3 is 0 Å². The minimum Gasteiger partial charge on any atom is -0.249 e. The first kappa shape index (κ1) is 14.5. The summed E-state index contributed by atoms with van der Waals surface area (Å²) in [6.45, 7) is 4.53. The molecule has 0 aliphatic heterocycles. The van der Waals surface area contributed by atoms with E-state index in [0.717, 1.165) is 20.6 Å². The fourth-order valence-corrected chi connectivity index (χ4v) is 4.10. The molecule has 1 nitrogen and oxygen atoms in total. The van der Waals surface area contributed by atoms with E-state index in [1.54, 1.807) is 0 Å². The highest BCUT2D eigenvalue weighted by atomic mass is 79.9. The van der Waals surface area contributed by atoms with Gasteiger partial charge in [-0.2, -0.15) is 0 Å². The Morgan fingerprint density at radius 2 is 2.00 bits per heavy atom. The number of thioether (sulfide) groups is 1. The summed E-state index contributed by atoms with van der Waals surface area (Å²) >= 11 is 8.88. The summed E-state index contributed by atoms with van der Waals surface area (Å²) in [6, 6.07) is 4.11. The minimum atomic E-state index is 0.402. The van der Waals surface area contributed by atoms with E-state index in [1.807, 2.05) is 24.0 Å². The number of pyridine rings is 1. The van der Waals surface area contributed by atoms with Crippen LogP contribution in [-0.4, -0.2) is 16.1 Å². The van der Waals surface area contributed by atoms with E-state index in [-0.39, 0.29) is 0 Å². The second-order valence-corrected chi connectivity index (χ2v) is 6.42. The van der Waals surface area contributed by atoms with Crippen LogP contribution in [0.3, 0.4) is 0 Å². The summed E-state index contributed by atoms with van der Waals surface area (Å²) < 4.78 is 1.04. The Kier molecular flexibility index (Phi) is 6.37. The summed E-state index contributed by atoms with van der Waals surface area (Å²) in [4.78, 5) is 4.39. The number of alkyl halides is 1. The van der Waals surface area contributed by atoms with E-state index < -0.39 is 0 Å². The lowest BCUT2D eigenvalue weighted by Crippen LogP contribution is -2.23. The van der Waals surface area contributed by atoms with Gasteiger partial charge in [-0.05, 0) is 46.3 Å². The molecule has 0 atom stereocenters. The van der Waals surface area contributed by atoms with E-state index in [2.05, 4.69) is 56.8 Å². The third-order valence-corrected chi connectivity index (χ3v) is 5.96. The molecule has 4 heteroatoms. The molecule has 0 bridgehead atoms. The zero-order chi connectivity index (χ0) is 12.0. The molecule has 16 heavy (non-hydrogen) atoms. The normalized spacial score (nSPS) is 11.8. The maximum atomic E-state index is 4.39. The van der Waals surface area contributed by atoms with Crippen LogP contribution < -0.4 is 0 Å². The maximum absolute atomic E-state index is 4.39. The average molecular weight is 367 g/mol. The monoisotopic (exact) mass is 365 g/mol. The van der Waals surface area contributed by atoms with Crippen molar-refractivity contribution in [2.24, 2.45) is 5.41 Å². The van der Waals surface area contributed by atoms with Gasteiger partial charge in [0.1, 0.15) is 0 Å². The quantitative estimate of drug-likeness (QED) is 0.510. The van der Waals surface area contributed by atoms with Crippen LogP contribution in [0.5, 0.6) is 0 Å². The zero-order valence-corrected chi connectivity index (χ0v) is 13.7. The lowest BCUT2D eigenvalue weighted by molar-refractivity contribution is 0.359. The highest BCUT2D eigenvalue weighted by Gasteiger charge is 2.24. The van der Waals surface area contributed by atoms with Crippen molar-refractivity contribution in [3.8, 4) is 0 Å². The Labute approximate surface area is 119 Å². The first-order chi connectivity index (χ1) is 7.65. The SMILES string of the molecule is CCC(CC)(CBr)CSc1ccc(Br)cn1. The van der Waals surface area contributed by atoms with Crippen molar-refractivity contribution in [1.29, 1.82) is 0 Å². The Balaban J connectivity index is 2.58. The molecule has 0 unspecified atom stereocenters. The first-order valence-corrected chi connectivity index (χ1v) is 8.36. The number of hydrogen-bond acceptors (Lipinski definition) is 2. The van der Waals surface area contributed by atoms with Gasteiger partial charge in [-0.3, -0.25) is 0 Å². The molecule has 1 heterocycles. The van der Waals surface area contributed by atoms with Gasteiger partial charge in [0.05, 0.1) is 5.03 Å². The van der Waals surface area contributed by atoms with Gasteiger partial charge in [0.15, 0.2) is 0 Å². The molecule has 1 aromatic heterocycles.